The maximum absolute atomic E-state index is 13.3. The Kier molecular flexibility index (Phi) is 5.70. The summed E-state index contributed by atoms with van der Waals surface area (Å²) in [6.07, 6.45) is 13.9. The molecule has 1 amide bonds. The molecule has 1 aromatic carbocycles. The number of rotatable bonds is 5. The molecule has 0 bridgehead atoms. The Morgan fingerprint density at radius 3 is 2.27 bits per heavy atom. The van der Waals surface area contributed by atoms with Crippen LogP contribution in [-0.4, -0.2) is 35.9 Å². The number of benzene rings is 1. The summed E-state index contributed by atoms with van der Waals surface area (Å²) >= 11 is 0. The van der Waals surface area contributed by atoms with Gasteiger partial charge in [0.1, 0.15) is 0 Å². The fraction of sp³-hybridized carbons (Fsp3) is 0.680. The highest BCUT2D eigenvalue weighted by atomic mass is 16.5. The lowest BCUT2D eigenvalue weighted by Gasteiger charge is -2.40. The van der Waals surface area contributed by atoms with E-state index >= 15 is 0 Å². The van der Waals surface area contributed by atoms with E-state index in [1.165, 1.54) is 32.1 Å². The third-order valence-electron chi connectivity index (χ3n) is 7.60. The third-order valence-corrected chi connectivity index (χ3v) is 7.60. The Labute approximate surface area is 179 Å². The molecule has 0 radical (unpaired) electrons. The smallest absolute Gasteiger partial charge is 0.246 e. The van der Waals surface area contributed by atoms with Crippen LogP contribution in [0.4, 0.5) is 0 Å². The fourth-order valence-corrected chi connectivity index (χ4v) is 5.96. The monoisotopic (exact) mass is 410 g/mol. The molecule has 3 aliphatic carbocycles. The predicted octanol–water partition coefficient (Wildman–Crippen LogP) is 5.31. The highest BCUT2D eigenvalue weighted by molar-refractivity contribution is 6.07. The number of carbonyl (C=O) groups is 1. The molecule has 4 aliphatic rings. The number of nitrogens with zero attached hydrogens (tertiary/aromatic N) is 2. The SMILES string of the molecule is COc1ccc(C2=NN(C3CCCC3)C(=O)[C@H]3CCCC[C@@H]23)cc1OC1CCCC1. The molecule has 0 unspecified atom stereocenters. The van der Waals surface area contributed by atoms with Crippen molar-refractivity contribution in [2.45, 2.75) is 89.2 Å². The van der Waals surface area contributed by atoms with Crippen LogP contribution >= 0.6 is 0 Å². The van der Waals surface area contributed by atoms with Gasteiger partial charge in [-0.05, 0) is 69.6 Å². The minimum atomic E-state index is 0.0909. The first-order valence-electron chi connectivity index (χ1n) is 12.0. The Morgan fingerprint density at radius 1 is 0.867 bits per heavy atom. The molecule has 162 valence electrons. The van der Waals surface area contributed by atoms with Crippen LogP contribution in [0.15, 0.2) is 23.3 Å². The normalized spacial score (nSPS) is 27.8. The van der Waals surface area contributed by atoms with Crippen LogP contribution in [0.5, 0.6) is 11.5 Å². The summed E-state index contributed by atoms with van der Waals surface area (Å²) in [4.78, 5) is 13.3. The lowest BCUT2D eigenvalue weighted by atomic mass is 9.73. The summed E-state index contributed by atoms with van der Waals surface area (Å²) in [6, 6.07) is 6.51. The Morgan fingerprint density at radius 2 is 1.53 bits per heavy atom. The van der Waals surface area contributed by atoms with Crippen LogP contribution in [0.1, 0.15) is 82.6 Å². The summed E-state index contributed by atoms with van der Waals surface area (Å²) < 4.78 is 11.9. The molecule has 0 spiro atoms. The van der Waals surface area contributed by atoms with E-state index in [1.807, 2.05) is 11.1 Å². The lowest BCUT2D eigenvalue weighted by molar-refractivity contribution is -0.141. The van der Waals surface area contributed by atoms with E-state index < -0.39 is 0 Å². The number of amides is 1. The zero-order valence-electron chi connectivity index (χ0n) is 18.1. The molecular weight excluding hydrogens is 376 g/mol. The average molecular weight is 411 g/mol. The van der Waals surface area contributed by atoms with Crippen LogP contribution in [-0.2, 0) is 4.79 Å². The summed E-state index contributed by atoms with van der Waals surface area (Å²) in [6.45, 7) is 0. The molecule has 0 aromatic heterocycles. The van der Waals surface area contributed by atoms with Crippen molar-refractivity contribution >= 4 is 11.6 Å². The number of hydrogen-bond acceptors (Lipinski definition) is 4. The Bertz CT molecular complexity index is 809. The average Bonchev–Trinajstić information content (AvgIpc) is 3.49. The van der Waals surface area contributed by atoms with Gasteiger partial charge in [0.05, 0.1) is 25.0 Å². The van der Waals surface area contributed by atoms with Crippen molar-refractivity contribution in [3.63, 3.8) is 0 Å². The number of hydrogen-bond donors (Lipinski definition) is 0. The van der Waals surface area contributed by atoms with Crippen LogP contribution in [0.3, 0.4) is 0 Å². The van der Waals surface area contributed by atoms with Gasteiger partial charge in [0.25, 0.3) is 0 Å². The Balaban J connectivity index is 1.51. The van der Waals surface area contributed by atoms with E-state index in [0.29, 0.717) is 0 Å². The first-order chi connectivity index (χ1) is 14.7. The van der Waals surface area contributed by atoms with Gasteiger partial charge in [0.15, 0.2) is 11.5 Å². The first kappa shape index (κ1) is 19.9. The molecule has 1 aromatic rings. The summed E-state index contributed by atoms with van der Waals surface area (Å²) in [5, 5.41) is 6.90. The molecule has 5 heteroatoms. The van der Waals surface area contributed by atoms with Crippen molar-refractivity contribution in [3.8, 4) is 11.5 Å². The van der Waals surface area contributed by atoms with Crippen molar-refractivity contribution in [1.82, 2.24) is 5.01 Å². The maximum atomic E-state index is 13.3. The quantitative estimate of drug-likeness (QED) is 0.661. The van der Waals surface area contributed by atoms with E-state index in [9.17, 15) is 4.79 Å². The van der Waals surface area contributed by atoms with Gasteiger partial charge < -0.3 is 9.47 Å². The standard InChI is InChI=1S/C25H34N2O3/c1-29-22-15-14-17(16-23(22)30-19-10-4-5-11-19)24-20-12-6-7-13-21(20)25(28)27(26-24)18-8-2-3-9-18/h14-16,18-21H,2-13H2,1H3/t20-,21+/m1/s1. The second kappa shape index (κ2) is 8.60. The highest BCUT2D eigenvalue weighted by Gasteiger charge is 2.43. The maximum Gasteiger partial charge on any atom is 0.246 e. The van der Waals surface area contributed by atoms with Crippen molar-refractivity contribution in [2.75, 3.05) is 7.11 Å². The first-order valence-corrected chi connectivity index (χ1v) is 12.0. The van der Waals surface area contributed by atoms with Crippen molar-refractivity contribution in [1.29, 1.82) is 0 Å². The Hall–Kier alpha value is -2.04. The third kappa shape index (κ3) is 3.72. The second-order valence-electron chi connectivity index (χ2n) is 9.49. The number of hydrazone groups is 1. The predicted molar refractivity (Wildman–Crippen MR) is 117 cm³/mol. The molecule has 0 N–H and O–H groups in total. The molecule has 1 aliphatic heterocycles. The largest absolute Gasteiger partial charge is 0.493 e. The van der Waals surface area contributed by atoms with Crippen molar-refractivity contribution in [2.24, 2.45) is 16.9 Å². The highest BCUT2D eigenvalue weighted by Crippen LogP contribution is 2.41. The van der Waals surface area contributed by atoms with E-state index in [4.69, 9.17) is 14.6 Å². The molecule has 3 fully saturated rings. The molecule has 2 atom stereocenters. The molecule has 0 saturated heterocycles. The lowest BCUT2D eigenvalue weighted by Crippen LogP contribution is -2.49. The molecule has 5 rings (SSSR count). The molecule has 1 heterocycles. The van der Waals surface area contributed by atoms with E-state index in [-0.39, 0.29) is 29.9 Å². The minimum absolute atomic E-state index is 0.0909. The van der Waals surface area contributed by atoms with E-state index in [1.54, 1.807) is 7.11 Å². The summed E-state index contributed by atoms with van der Waals surface area (Å²) in [5.41, 5.74) is 2.18. The second-order valence-corrected chi connectivity index (χ2v) is 9.49. The van der Waals surface area contributed by atoms with Gasteiger partial charge in [0.2, 0.25) is 5.91 Å². The van der Waals surface area contributed by atoms with E-state index in [2.05, 4.69) is 12.1 Å². The van der Waals surface area contributed by atoms with Crippen LogP contribution in [0.2, 0.25) is 0 Å². The minimum Gasteiger partial charge on any atom is -0.493 e. The topological polar surface area (TPSA) is 51.1 Å². The van der Waals surface area contributed by atoms with Gasteiger partial charge >= 0.3 is 0 Å². The van der Waals surface area contributed by atoms with E-state index in [0.717, 1.165) is 67.7 Å². The molecule has 3 saturated carbocycles. The zero-order chi connectivity index (χ0) is 20.5. The van der Waals surface area contributed by atoms with Gasteiger partial charge in [-0.2, -0.15) is 5.10 Å². The van der Waals surface area contributed by atoms with Crippen molar-refractivity contribution in [3.05, 3.63) is 23.8 Å². The van der Waals surface area contributed by atoms with Gasteiger partial charge in [0, 0.05) is 17.4 Å². The number of methoxy groups -OCH3 is 1. The fourth-order valence-electron chi connectivity index (χ4n) is 5.96. The van der Waals surface area contributed by atoms with Crippen LogP contribution in [0, 0.1) is 11.8 Å². The molecule has 5 nitrogen and oxygen atoms in total. The van der Waals surface area contributed by atoms with Crippen LogP contribution in [0.25, 0.3) is 0 Å². The van der Waals surface area contributed by atoms with Crippen molar-refractivity contribution < 1.29 is 14.3 Å². The van der Waals surface area contributed by atoms with Crippen LogP contribution < -0.4 is 9.47 Å². The van der Waals surface area contributed by atoms with Gasteiger partial charge in [-0.25, -0.2) is 5.01 Å². The molecular formula is C25H34N2O3. The molecule has 30 heavy (non-hydrogen) atoms. The van der Waals surface area contributed by atoms with Gasteiger partial charge in [-0.1, -0.05) is 25.7 Å². The number of ether oxygens (including phenoxy) is 2. The number of carbonyl (C=O) groups excluding carboxylic acids is 1. The summed E-state index contributed by atoms with van der Waals surface area (Å²) in [5.74, 6) is 2.20. The van der Waals surface area contributed by atoms with Gasteiger partial charge in [-0.15, -0.1) is 0 Å². The number of fused-ring (bicyclic) bond motifs is 1. The zero-order valence-corrected chi connectivity index (χ0v) is 18.1. The summed E-state index contributed by atoms with van der Waals surface area (Å²) in [7, 11) is 1.70. The van der Waals surface area contributed by atoms with Gasteiger partial charge in [-0.3, -0.25) is 4.79 Å².